The summed E-state index contributed by atoms with van der Waals surface area (Å²) >= 11 is 0. The number of carbonyl (C=O) groups excluding carboxylic acids is 5. The van der Waals surface area contributed by atoms with Gasteiger partial charge in [-0.05, 0) is 75.4 Å². The van der Waals surface area contributed by atoms with Gasteiger partial charge in [-0.15, -0.1) is 0 Å². The summed E-state index contributed by atoms with van der Waals surface area (Å²) in [4.78, 5) is 76.0. The van der Waals surface area contributed by atoms with Crippen molar-refractivity contribution < 1.29 is 38.6 Å². The molecule has 2 atom stereocenters. The second-order valence-corrected chi connectivity index (χ2v) is 10.5. The summed E-state index contributed by atoms with van der Waals surface area (Å²) in [6, 6.07) is 5.50. The Bertz CT molecular complexity index is 1120. The van der Waals surface area contributed by atoms with Gasteiger partial charge in [0.2, 0.25) is 11.8 Å². The maximum Gasteiger partial charge on any atom is 0.337 e. The third kappa shape index (κ3) is 9.08. The molecule has 0 aromatic heterocycles. The Kier molecular flexibility index (Phi) is 11.8. The second-order valence-electron chi connectivity index (χ2n) is 10.5. The van der Waals surface area contributed by atoms with Gasteiger partial charge in [-0.1, -0.05) is 0 Å². The molecule has 13 nitrogen and oxygen atoms in total. The number of benzene rings is 1. The highest BCUT2D eigenvalue weighted by molar-refractivity contribution is 6.03. The highest BCUT2D eigenvalue weighted by atomic mass is 16.5. The molecule has 0 saturated carbocycles. The monoisotopic (exact) mass is 573 g/mol. The molecule has 0 radical (unpaired) electrons. The maximum atomic E-state index is 13.0. The van der Waals surface area contributed by atoms with E-state index in [4.69, 9.17) is 5.84 Å². The molecule has 2 heterocycles. The predicted molar refractivity (Wildman–Crippen MR) is 146 cm³/mol. The lowest BCUT2D eigenvalue weighted by Gasteiger charge is -2.34. The molecule has 1 aromatic rings. The second kappa shape index (κ2) is 15.2. The van der Waals surface area contributed by atoms with E-state index < -0.39 is 54.5 Å². The minimum absolute atomic E-state index is 0.00104. The van der Waals surface area contributed by atoms with Gasteiger partial charge >= 0.3 is 11.9 Å². The molecule has 41 heavy (non-hydrogen) atoms. The number of carboxylic acids is 1. The normalized spacial score (nSPS) is 18.2. The summed E-state index contributed by atoms with van der Waals surface area (Å²) in [7, 11) is 1.23. The maximum absolute atomic E-state index is 13.0. The van der Waals surface area contributed by atoms with E-state index in [-0.39, 0.29) is 23.6 Å². The standard InChI is InChI=1S/C28H39N5O8/c1-41-28(40)20-7-5-19(6-8-20)25(36)31-15-23(34)22(27(38)39)17-33(29)26(37)21-3-2-14-32(16-21)24(35)9-4-18-10-12-30-13-11-18/h5-8,18,21-22,30H,2-4,9-17,29H2,1H3,(H,31,36)(H,38,39)/t21-,22+/m1/s1. The van der Waals surface area contributed by atoms with Crippen LogP contribution in [0.1, 0.15) is 59.2 Å². The fourth-order valence-corrected chi connectivity index (χ4v) is 5.17. The van der Waals surface area contributed by atoms with Crippen LogP contribution < -0.4 is 16.5 Å². The van der Waals surface area contributed by atoms with Crippen molar-refractivity contribution in [2.75, 3.05) is 46.4 Å². The number of Topliss-reactive ketones (excluding diaryl/α,β-unsaturated/α-hetero) is 1. The first-order valence-electron chi connectivity index (χ1n) is 13.9. The van der Waals surface area contributed by atoms with Gasteiger partial charge in [0.25, 0.3) is 5.91 Å². The molecule has 0 bridgehead atoms. The third-order valence-electron chi connectivity index (χ3n) is 7.69. The molecule has 0 aliphatic carbocycles. The van der Waals surface area contributed by atoms with E-state index >= 15 is 0 Å². The number of hydrogen-bond donors (Lipinski definition) is 4. The van der Waals surface area contributed by atoms with Gasteiger partial charge in [0.15, 0.2) is 5.78 Å². The lowest BCUT2D eigenvalue weighted by Crippen LogP contribution is -2.52. The molecule has 2 saturated heterocycles. The molecular formula is C28H39N5O8. The molecule has 224 valence electrons. The van der Waals surface area contributed by atoms with Crippen LogP contribution in [0.25, 0.3) is 0 Å². The number of nitrogens with zero attached hydrogens (tertiary/aromatic N) is 2. The molecule has 2 aliphatic heterocycles. The number of methoxy groups -OCH3 is 1. The number of piperidine rings is 2. The van der Waals surface area contributed by atoms with Crippen LogP contribution >= 0.6 is 0 Å². The van der Waals surface area contributed by atoms with E-state index in [9.17, 15) is 33.9 Å². The Morgan fingerprint density at radius 2 is 1.76 bits per heavy atom. The molecule has 2 aliphatic rings. The van der Waals surface area contributed by atoms with Crippen molar-refractivity contribution in [2.45, 2.75) is 38.5 Å². The number of carboxylic acid groups (broad SMARTS) is 1. The van der Waals surface area contributed by atoms with Crippen LogP contribution in [0.3, 0.4) is 0 Å². The zero-order valence-corrected chi connectivity index (χ0v) is 23.3. The van der Waals surface area contributed by atoms with E-state index in [2.05, 4.69) is 15.4 Å². The van der Waals surface area contributed by atoms with Crippen molar-refractivity contribution >= 4 is 35.4 Å². The van der Waals surface area contributed by atoms with E-state index in [0.29, 0.717) is 31.7 Å². The summed E-state index contributed by atoms with van der Waals surface area (Å²) in [6.45, 7) is 1.51. The number of likely N-dealkylation sites (tertiary alicyclic amines) is 1. The third-order valence-corrected chi connectivity index (χ3v) is 7.69. The molecule has 3 amide bonds. The van der Waals surface area contributed by atoms with Crippen molar-refractivity contribution in [1.82, 2.24) is 20.5 Å². The Labute approximate surface area is 238 Å². The quantitative estimate of drug-likeness (QED) is 0.0883. The van der Waals surface area contributed by atoms with Crippen molar-refractivity contribution in [3.05, 3.63) is 35.4 Å². The molecule has 13 heteroatoms. The van der Waals surface area contributed by atoms with E-state index in [0.717, 1.165) is 37.4 Å². The van der Waals surface area contributed by atoms with E-state index in [1.807, 2.05) is 0 Å². The Hall–Kier alpha value is -3.84. The topological polar surface area (TPSA) is 188 Å². The highest BCUT2D eigenvalue weighted by Gasteiger charge is 2.34. The average Bonchev–Trinajstić information content (AvgIpc) is 3.00. The minimum atomic E-state index is -1.66. The number of ether oxygens (including phenoxy) is 1. The van der Waals surface area contributed by atoms with Crippen molar-refractivity contribution in [2.24, 2.45) is 23.6 Å². The van der Waals surface area contributed by atoms with Crippen LogP contribution in [-0.2, 0) is 23.9 Å². The lowest BCUT2D eigenvalue weighted by molar-refractivity contribution is -0.149. The van der Waals surface area contributed by atoms with Gasteiger partial charge in [-0.25, -0.2) is 10.6 Å². The molecule has 2 fully saturated rings. The van der Waals surface area contributed by atoms with E-state index in [1.54, 1.807) is 4.90 Å². The van der Waals surface area contributed by atoms with Gasteiger partial charge in [0, 0.05) is 25.1 Å². The van der Waals surface area contributed by atoms with Gasteiger partial charge in [-0.3, -0.25) is 29.0 Å². The number of esters is 1. The van der Waals surface area contributed by atoms with Gasteiger partial charge in [0.1, 0.15) is 5.92 Å². The number of amides is 3. The van der Waals surface area contributed by atoms with Crippen LogP contribution in [0, 0.1) is 17.8 Å². The molecule has 5 N–H and O–H groups in total. The van der Waals surface area contributed by atoms with Crippen LogP contribution in [0.2, 0.25) is 0 Å². The van der Waals surface area contributed by atoms with Gasteiger partial charge in [-0.2, -0.15) is 0 Å². The first kappa shape index (κ1) is 31.7. The number of hydrogen-bond acceptors (Lipinski definition) is 9. The Morgan fingerprint density at radius 1 is 1.10 bits per heavy atom. The number of carbonyl (C=O) groups is 6. The van der Waals surface area contributed by atoms with Crippen LogP contribution in [-0.4, -0.2) is 96.8 Å². The largest absolute Gasteiger partial charge is 0.481 e. The first-order chi connectivity index (χ1) is 19.6. The van der Waals surface area contributed by atoms with Crippen molar-refractivity contribution in [1.29, 1.82) is 0 Å². The summed E-state index contributed by atoms with van der Waals surface area (Å²) in [5, 5.41) is 16.0. The summed E-state index contributed by atoms with van der Waals surface area (Å²) in [5.74, 6) is 0.141. The summed E-state index contributed by atoms with van der Waals surface area (Å²) in [6.07, 6.45) is 4.46. The Morgan fingerprint density at radius 3 is 2.39 bits per heavy atom. The molecule has 3 rings (SSSR count). The van der Waals surface area contributed by atoms with Gasteiger partial charge < -0.3 is 25.4 Å². The number of nitrogens with two attached hydrogens (primary N) is 1. The summed E-state index contributed by atoms with van der Waals surface area (Å²) < 4.78 is 4.60. The lowest BCUT2D eigenvalue weighted by atomic mass is 9.92. The number of ketones is 1. The predicted octanol–water partition coefficient (Wildman–Crippen LogP) is 0.194. The highest BCUT2D eigenvalue weighted by Crippen LogP contribution is 2.22. The average molecular weight is 574 g/mol. The fraction of sp³-hybridized carbons (Fsp3) is 0.571. The van der Waals surface area contributed by atoms with Gasteiger partial charge in [0.05, 0.1) is 31.7 Å². The summed E-state index contributed by atoms with van der Waals surface area (Å²) in [5.41, 5.74) is 0.390. The smallest absolute Gasteiger partial charge is 0.337 e. The van der Waals surface area contributed by atoms with Crippen LogP contribution in [0.15, 0.2) is 24.3 Å². The minimum Gasteiger partial charge on any atom is -0.481 e. The molecule has 0 spiro atoms. The van der Waals surface area contributed by atoms with Crippen molar-refractivity contribution in [3.8, 4) is 0 Å². The van der Waals surface area contributed by atoms with Crippen LogP contribution in [0.4, 0.5) is 0 Å². The fourth-order valence-electron chi connectivity index (χ4n) is 5.17. The number of aliphatic carboxylic acids is 1. The Balaban J connectivity index is 1.49. The molecule has 0 unspecified atom stereocenters. The SMILES string of the molecule is COC(=O)c1ccc(C(=O)NCC(=O)[C@H](CN(N)C(=O)[C@@H]2CCCN(C(=O)CCC3CCNCC3)C2)C(=O)O)cc1. The molecule has 1 aromatic carbocycles. The zero-order chi connectivity index (χ0) is 29.9. The first-order valence-corrected chi connectivity index (χ1v) is 13.9. The molecular weight excluding hydrogens is 534 g/mol. The van der Waals surface area contributed by atoms with E-state index in [1.165, 1.54) is 31.4 Å². The van der Waals surface area contributed by atoms with Crippen LogP contribution in [0.5, 0.6) is 0 Å². The van der Waals surface area contributed by atoms with Crippen molar-refractivity contribution in [3.63, 3.8) is 0 Å². The zero-order valence-electron chi connectivity index (χ0n) is 23.3. The number of nitrogens with one attached hydrogen (secondary N) is 2. The number of rotatable bonds is 12. The number of hydrazine groups is 1.